The molecular formula is C24H28N2O3. The molecule has 0 aromatic heterocycles. The summed E-state index contributed by atoms with van der Waals surface area (Å²) in [4.78, 5) is 33.5. The maximum Gasteiger partial charge on any atom is 0.223 e. The quantitative estimate of drug-likeness (QED) is 0.732. The van der Waals surface area contributed by atoms with Gasteiger partial charge in [-0.2, -0.15) is 5.06 Å². The lowest BCUT2D eigenvalue weighted by Crippen LogP contribution is -2.43. The summed E-state index contributed by atoms with van der Waals surface area (Å²) >= 11 is 0. The zero-order chi connectivity index (χ0) is 19.8. The van der Waals surface area contributed by atoms with E-state index >= 15 is 0 Å². The zero-order valence-electron chi connectivity index (χ0n) is 16.9. The highest BCUT2D eigenvalue weighted by Gasteiger charge is 2.30. The number of rotatable bonds is 5. The Morgan fingerprint density at radius 2 is 1.90 bits per heavy atom. The molecule has 1 atom stereocenters. The molecule has 5 heteroatoms. The Balaban J connectivity index is 1.30. The van der Waals surface area contributed by atoms with Crippen LogP contribution in [-0.4, -0.2) is 54.4 Å². The molecule has 0 spiro atoms. The molecule has 2 aromatic carbocycles. The number of benzene rings is 2. The summed E-state index contributed by atoms with van der Waals surface area (Å²) in [6.07, 6.45) is 5.38. The van der Waals surface area contributed by atoms with Crippen molar-refractivity contribution in [2.45, 2.75) is 38.5 Å². The van der Waals surface area contributed by atoms with Crippen LogP contribution in [0.25, 0.3) is 10.8 Å². The molecule has 2 heterocycles. The van der Waals surface area contributed by atoms with Crippen molar-refractivity contribution in [3.05, 3.63) is 47.0 Å². The first kappa shape index (κ1) is 18.8. The molecule has 152 valence electrons. The molecule has 1 amide bonds. The minimum absolute atomic E-state index is 0.103. The molecule has 5 nitrogen and oxygen atoms in total. The summed E-state index contributed by atoms with van der Waals surface area (Å²) in [7, 11) is 0. The first-order valence-electron chi connectivity index (χ1n) is 10.9. The third-order valence-corrected chi connectivity index (χ3v) is 6.69. The van der Waals surface area contributed by atoms with Crippen molar-refractivity contribution in [1.29, 1.82) is 0 Å². The van der Waals surface area contributed by atoms with Crippen LogP contribution in [0, 0.1) is 5.92 Å². The van der Waals surface area contributed by atoms with E-state index in [1.165, 1.54) is 16.5 Å². The van der Waals surface area contributed by atoms with Gasteiger partial charge in [0.15, 0.2) is 5.78 Å². The highest BCUT2D eigenvalue weighted by molar-refractivity contribution is 6.11. The lowest BCUT2D eigenvalue weighted by molar-refractivity contribution is -0.139. The second-order valence-corrected chi connectivity index (χ2v) is 8.52. The van der Waals surface area contributed by atoms with E-state index in [1.807, 2.05) is 16.0 Å². The standard InChI is InChI=1S/C24H28N2O3/c27-22(11-14-26-13-3-15-29-26)25-12-2-5-19(16-25)24(28)21-10-9-18-8-7-17-4-1-6-20(21)23(17)18/h1,4,6,9-10,19H,2-3,5,7-8,11-16H2/t19-/m0/s1. The van der Waals surface area contributed by atoms with Gasteiger partial charge in [-0.25, -0.2) is 0 Å². The average Bonchev–Trinajstić information content (AvgIpc) is 3.43. The Kier molecular flexibility index (Phi) is 5.10. The molecule has 2 aromatic rings. The Morgan fingerprint density at radius 3 is 2.72 bits per heavy atom. The zero-order valence-corrected chi connectivity index (χ0v) is 16.9. The number of hydroxylamine groups is 2. The van der Waals surface area contributed by atoms with Crippen LogP contribution in [-0.2, 0) is 22.5 Å². The fourth-order valence-corrected chi connectivity index (χ4v) is 5.15. The van der Waals surface area contributed by atoms with Gasteiger partial charge in [0.25, 0.3) is 0 Å². The van der Waals surface area contributed by atoms with Gasteiger partial charge in [0.2, 0.25) is 5.91 Å². The Morgan fingerprint density at radius 1 is 1.03 bits per heavy atom. The van der Waals surface area contributed by atoms with Crippen molar-refractivity contribution in [3.8, 4) is 0 Å². The molecule has 3 aliphatic rings. The van der Waals surface area contributed by atoms with E-state index in [-0.39, 0.29) is 17.6 Å². The van der Waals surface area contributed by atoms with E-state index in [2.05, 4.69) is 24.3 Å². The third kappa shape index (κ3) is 3.58. The van der Waals surface area contributed by atoms with E-state index in [0.717, 1.165) is 62.8 Å². The predicted molar refractivity (Wildman–Crippen MR) is 112 cm³/mol. The van der Waals surface area contributed by atoms with E-state index < -0.39 is 0 Å². The number of carbonyl (C=O) groups excluding carboxylic acids is 2. The van der Waals surface area contributed by atoms with Gasteiger partial charge in [-0.1, -0.05) is 30.3 Å². The van der Waals surface area contributed by atoms with Crippen LogP contribution in [0.1, 0.15) is 47.2 Å². The Bertz CT molecular complexity index is 938. The fraction of sp³-hybridized carbons (Fsp3) is 0.500. The van der Waals surface area contributed by atoms with Gasteiger partial charge in [0.1, 0.15) is 0 Å². The SMILES string of the molecule is O=C(c1ccc2c3c(cccc13)CC2)[C@H]1CCCN(C(=O)CCN2CCCO2)C1. The summed E-state index contributed by atoms with van der Waals surface area (Å²) in [6.45, 7) is 3.60. The van der Waals surface area contributed by atoms with Crippen molar-refractivity contribution in [3.63, 3.8) is 0 Å². The number of nitrogens with zero attached hydrogens (tertiary/aromatic N) is 2. The van der Waals surface area contributed by atoms with Gasteiger partial charge < -0.3 is 4.90 Å². The highest BCUT2D eigenvalue weighted by atomic mass is 16.7. The number of carbonyl (C=O) groups is 2. The molecule has 0 radical (unpaired) electrons. The molecule has 0 bridgehead atoms. The predicted octanol–water partition coefficient (Wildman–Crippen LogP) is 3.39. The summed E-state index contributed by atoms with van der Waals surface area (Å²) in [6, 6.07) is 10.5. The lowest BCUT2D eigenvalue weighted by Gasteiger charge is -2.32. The maximum atomic E-state index is 13.4. The van der Waals surface area contributed by atoms with Crippen LogP contribution < -0.4 is 0 Å². The van der Waals surface area contributed by atoms with Crippen LogP contribution in [0.4, 0.5) is 0 Å². The monoisotopic (exact) mass is 392 g/mol. The van der Waals surface area contributed by atoms with Crippen LogP contribution >= 0.6 is 0 Å². The van der Waals surface area contributed by atoms with Gasteiger partial charge in [-0.3, -0.25) is 14.4 Å². The van der Waals surface area contributed by atoms with E-state index in [1.54, 1.807) is 0 Å². The molecule has 2 fully saturated rings. The number of Topliss-reactive ketones (excluding diaryl/α,β-unsaturated/α-hetero) is 1. The van der Waals surface area contributed by atoms with Crippen molar-refractivity contribution >= 4 is 22.5 Å². The minimum Gasteiger partial charge on any atom is -0.342 e. The van der Waals surface area contributed by atoms with Gasteiger partial charge in [0, 0.05) is 44.1 Å². The molecule has 2 aliphatic heterocycles. The minimum atomic E-state index is -0.103. The smallest absolute Gasteiger partial charge is 0.223 e. The molecule has 1 aliphatic carbocycles. The second-order valence-electron chi connectivity index (χ2n) is 8.52. The molecule has 0 saturated carbocycles. The van der Waals surface area contributed by atoms with E-state index in [0.29, 0.717) is 19.5 Å². The Hall–Kier alpha value is -2.24. The second kappa shape index (κ2) is 7.88. The fourth-order valence-electron chi connectivity index (χ4n) is 5.15. The number of ketones is 1. The molecule has 0 unspecified atom stereocenters. The van der Waals surface area contributed by atoms with Crippen LogP contribution in [0.5, 0.6) is 0 Å². The van der Waals surface area contributed by atoms with Crippen molar-refractivity contribution in [1.82, 2.24) is 9.96 Å². The van der Waals surface area contributed by atoms with Gasteiger partial charge in [-0.15, -0.1) is 0 Å². The largest absolute Gasteiger partial charge is 0.342 e. The topological polar surface area (TPSA) is 49.9 Å². The molecule has 0 N–H and O–H groups in total. The molecule has 2 saturated heterocycles. The first-order valence-corrected chi connectivity index (χ1v) is 10.9. The number of aryl methyl sites for hydroxylation is 2. The number of hydrogen-bond acceptors (Lipinski definition) is 4. The summed E-state index contributed by atoms with van der Waals surface area (Å²) in [5, 5.41) is 4.27. The first-order chi connectivity index (χ1) is 14.2. The number of piperidine rings is 1. The lowest BCUT2D eigenvalue weighted by atomic mass is 9.87. The van der Waals surface area contributed by atoms with Crippen LogP contribution in [0.3, 0.4) is 0 Å². The van der Waals surface area contributed by atoms with Crippen molar-refractivity contribution in [2.75, 3.05) is 32.8 Å². The van der Waals surface area contributed by atoms with Gasteiger partial charge >= 0.3 is 0 Å². The Labute approximate surface area is 171 Å². The number of likely N-dealkylation sites (tertiary alicyclic amines) is 1. The summed E-state index contributed by atoms with van der Waals surface area (Å²) in [5.74, 6) is 0.230. The van der Waals surface area contributed by atoms with Crippen LogP contribution in [0.2, 0.25) is 0 Å². The average molecular weight is 392 g/mol. The van der Waals surface area contributed by atoms with Crippen LogP contribution in [0.15, 0.2) is 30.3 Å². The maximum absolute atomic E-state index is 13.4. The van der Waals surface area contributed by atoms with E-state index in [4.69, 9.17) is 4.84 Å². The number of amides is 1. The number of hydrogen-bond donors (Lipinski definition) is 0. The summed E-state index contributed by atoms with van der Waals surface area (Å²) < 4.78 is 0. The normalized spacial score (nSPS) is 21.8. The van der Waals surface area contributed by atoms with Gasteiger partial charge in [-0.05, 0) is 54.0 Å². The highest BCUT2D eigenvalue weighted by Crippen LogP contribution is 2.34. The van der Waals surface area contributed by atoms with Crippen molar-refractivity contribution in [2.24, 2.45) is 5.92 Å². The third-order valence-electron chi connectivity index (χ3n) is 6.69. The van der Waals surface area contributed by atoms with Crippen molar-refractivity contribution < 1.29 is 14.4 Å². The van der Waals surface area contributed by atoms with Gasteiger partial charge in [0.05, 0.1) is 6.61 Å². The summed E-state index contributed by atoms with van der Waals surface area (Å²) in [5.41, 5.74) is 3.55. The van der Waals surface area contributed by atoms with E-state index in [9.17, 15) is 9.59 Å². The molecular weight excluding hydrogens is 364 g/mol. The molecule has 5 rings (SSSR count). The molecule has 29 heavy (non-hydrogen) atoms.